The number of amides is 2. The van der Waals surface area contributed by atoms with Gasteiger partial charge in [-0.25, -0.2) is 14.6 Å². The molecule has 10 heteroatoms. The Morgan fingerprint density at radius 1 is 1.22 bits per heavy atom. The first-order valence-electron chi connectivity index (χ1n) is 12.0. The minimum atomic E-state index is -0.942. The average molecular weight is 522 g/mol. The van der Waals surface area contributed by atoms with Crippen molar-refractivity contribution in [1.29, 1.82) is 0 Å². The van der Waals surface area contributed by atoms with E-state index in [0.29, 0.717) is 28.1 Å². The van der Waals surface area contributed by atoms with E-state index in [1.165, 1.54) is 4.90 Å². The summed E-state index contributed by atoms with van der Waals surface area (Å²) in [5.74, 6) is 0.231. The summed E-state index contributed by atoms with van der Waals surface area (Å²) in [6.45, 7) is 18.5. The van der Waals surface area contributed by atoms with Gasteiger partial charge in [0.15, 0.2) is 10.8 Å². The van der Waals surface area contributed by atoms with Crippen LogP contribution in [0.3, 0.4) is 0 Å². The highest BCUT2D eigenvalue weighted by Gasteiger charge is 2.50. The van der Waals surface area contributed by atoms with Gasteiger partial charge in [-0.1, -0.05) is 6.07 Å². The number of carbonyl (C=O) groups excluding carboxylic acids is 2. The van der Waals surface area contributed by atoms with Crippen LogP contribution in [0.1, 0.15) is 53.0 Å². The van der Waals surface area contributed by atoms with Gasteiger partial charge in [0.2, 0.25) is 5.88 Å². The number of rotatable bonds is 6. The molecule has 0 spiro atoms. The molecule has 2 aromatic rings. The first kappa shape index (κ1) is 26.4. The lowest BCUT2D eigenvalue weighted by atomic mass is 10.0. The Balaban J connectivity index is 1.46. The third-order valence-corrected chi connectivity index (χ3v) is 6.69. The molecule has 1 aliphatic carbocycles. The zero-order chi connectivity index (χ0) is 27.2. The average Bonchev–Trinajstić information content (AvgIpc) is 3.53. The normalized spacial score (nSPS) is 17.9. The third-order valence-electron chi connectivity index (χ3n) is 6.32. The molecule has 2 fully saturated rings. The SMILES string of the molecule is [C-]#[N+]c1ccc(N2C(=O)C(C)(C)N(c3ccc(OCC4(NC(=O)OC(C)(C)C)CC4)nc3)C2=S)cc1C. The van der Waals surface area contributed by atoms with E-state index in [0.717, 1.165) is 18.4 Å². The van der Waals surface area contributed by atoms with Crippen molar-refractivity contribution in [2.75, 3.05) is 16.4 Å². The number of benzene rings is 1. The highest BCUT2D eigenvalue weighted by atomic mass is 32.1. The molecule has 4 rings (SSSR count). The maximum Gasteiger partial charge on any atom is 0.408 e. The van der Waals surface area contributed by atoms with Gasteiger partial charge in [-0.3, -0.25) is 9.69 Å². The molecule has 2 amide bonds. The number of hydrogen-bond acceptors (Lipinski definition) is 6. The zero-order valence-corrected chi connectivity index (χ0v) is 22.7. The monoisotopic (exact) mass is 521 g/mol. The molecule has 1 saturated carbocycles. The number of hydrogen-bond donors (Lipinski definition) is 1. The molecule has 0 atom stereocenters. The van der Waals surface area contributed by atoms with Crippen molar-refractivity contribution in [3.8, 4) is 5.88 Å². The van der Waals surface area contributed by atoms with Gasteiger partial charge in [-0.2, -0.15) is 0 Å². The molecular formula is C27H31N5O4S. The summed E-state index contributed by atoms with van der Waals surface area (Å²) < 4.78 is 11.2. The Hall–Kier alpha value is -3.71. The molecule has 2 aliphatic rings. The van der Waals surface area contributed by atoms with Crippen molar-refractivity contribution >= 4 is 46.4 Å². The van der Waals surface area contributed by atoms with E-state index in [1.807, 2.05) is 41.5 Å². The topological polar surface area (TPSA) is 88.4 Å². The van der Waals surface area contributed by atoms with Crippen molar-refractivity contribution < 1.29 is 19.1 Å². The molecule has 0 bridgehead atoms. The molecule has 2 heterocycles. The van der Waals surface area contributed by atoms with Gasteiger partial charge in [0.05, 0.1) is 24.0 Å². The first-order chi connectivity index (χ1) is 17.3. The van der Waals surface area contributed by atoms with E-state index < -0.39 is 22.8 Å². The summed E-state index contributed by atoms with van der Waals surface area (Å²) in [6, 6.07) is 8.76. The highest BCUT2D eigenvalue weighted by molar-refractivity contribution is 7.81. The number of alkyl carbamates (subject to hydrolysis) is 1. The zero-order valence-electron chi connectivity index (χ0n) is 21.9. The van der Waals surface area contributed by atoms with Crippen molar-refractivity contribution in [2.24, 2.45) is 0 Å². The van der Waals surface area contributed by atoms with Gasteiger partial charge in [0.1, 0.15) is 17.7 Å². The second kappa shape index (κ2) is 9.30. The predicted molar refractivity (Wildman–Crippen MR) is 145 cm³/mol. The van der Waals surface area contributed by atoms with Crippen LogP contribution in [0, 0.1) is 13.5 Å². The molecule has 0 radical (unpaired) electrons. The van der Waals surface area contributed by atoms with E-state index in [-0.39, 0.29) is 12.5 Å². The Bertz CT molecular complexity index is 1290. The van der Waals surface area contributed by atoms with Crippen molar-refractivity contribution in [3.05, 3.63) is 53.5 Å². The van der Waals surface area contributed by atoms with Crippen molar-refractivity contribution in [1.82, 2.24) is 10.3 Å². The van der Waals surface area contributed by atoms with Crippen LogP contribution in [0.15, 0.2) is 36.5 Å². The number of anilines is 2. The number of aryl methyl sites for hydroxylation is 1. The molecule has 0 unspecified atom stereocenters. The third kappa shape index (κ3) is 5.37. The standard InChI is InChI=1S/C27H31N5O4S/c1-17-14-18(8-10-20(17)28-7)31-22(33)26(5,6)32(24(31)37)19-9-11-21(29-15-19)35-16-27(12-13-27)30-23(34)36-25(2,3)4/h8-11,14-15H,12-13,16H2,1-6H3,(H,30,34). The maximum atomic E-state index is 13.4. The van der Waals surface area contributed by atoms with E-state index in [2.05, 4.69) is 15.1 Å². The molecule has 1 saturated heterocycles. The number of nitrogens with zero attached hydrogens (tertiary/aromatic N) is 4. The number of thiocarbonyl (C=S) groups is 1. The largest absolute Gasteiger partial charge is 0.475 e. The second-order valence-corrected chi connectivity index (χ2v) is 11.3. The molecule has 9 nitrogen and oxygen atoms in total. The summed E-state index contributed by atoms with van der Waals surface area (Å²) in [5, 5.41) is 3.24. The number of aromatic nitrogens is 1. The van der Waals surface area contributed by atoms with Gasteiger partial charge in [0.25, 0.3) is 5.91 Å². The fourth-order valence-corrected chi connectivity index (χ4v) is 4.66. The first-order valence-corrected chi connectivity index (χ1v) is 12.4. The van der Waals surface area contributed by atoms with Crippen LogP contribution < -0.4 is 19.9 Å². The summed E-state index contributed by atoms with van der Waals surface area (Å²) >= 11 is 5.73. The van der Waals surface area contributed by atoms with Gasteiger partial charge in [-0.15, -0.1) is 0 Å². The Morgan fingerprint density at radius 2 is 1.89 bits per heavy atom. The van der Waals surface area contributed by atoms with Crippen LogP contribution in [-0.4, -0.2) is 45.4 Å². The van der Waals surface area contributed by atoms with Gasteiger partial charge < -0.3 is 19.7 Å². The van der Waals surface area contributed by atoms with Crippen molar-refractivity contribution in [2.45, 2.75) is 71.1 Å². The fourth-order valence-electron chi connectivity index (χ4n) is 4.14. The smallest absolute Gasteiger partial charge is 0.408 e. The van der Waals surface area contributed by atoms with E-state index in [9.17, 15) is 9.59 Å². The minimum Gasteiger partial charge on any atom is -0.475 e. The van der Waals surface area contributed by atoms with Crippen LogP contribution in [0.4, 0.5) is 21.9 Å². The Kier molecular flexibility index (Phi) is 6.63. The Labute approximate surface area is 222 Å². The summed E-state index contributed by atoms with van der Waals surface area (Å²) in [6.07, 6.45) is 2.76. The maximum absolute atomic E-state index is 13.4. The summed E-state index contributed by atoms with van der Waals surface area (Å²) in [5.41, 5.74) is 0.622. The molecular weight excluding hydrogens is 490 g/mol. The second-order valence-electron chi connectivity index (χ2n) is 11.0. The predicted octanol–water partition coefficient (Wildman–Crippen LogP) is 5.29. The van der Waals surface area contributed by atoms with E-state index >= 15 is 0 Å². The number of carbonyl (C=O) groups is 2. The minimum absolute atomic E-state index is 0.170. The van der Waals surface area contributed by atoms with Crippen molar-refractivity contribution in [3.63, 3.8) is 0 Å². The lowest BCUT2D eigenvalue weighted by Gasteiger charge is -2.29. The lowest BCUT2D eigenvalue weighted by molar-refractivity contribution is -0.120. The molecule has 1 N–H and O–H groups in total. The van der Waals surface area contributed by atoms with Gasteiger partial charge in [-0.05, 0) is 90.4 Å². The molecule has 1 aromatic carbocycles. The molecule has 37 heavy (non-hydrogen) atoms. The van der Waals surface area contributed by atoms with Crippen LogP contribution >= 0.6 is 12.2 Å². The van der Waals surface area contributed by atoms with Gasteiger partial charge >= 0.3 is 6.09 Å². The number of nitrogens with one attached hydrogen (secondary N) is 1. The van der Waals surface area contributed by atoms with E-state index in [1.54, 1.807) is 41.4 Å². The highest BCUT2D eigenvalue weighted by Crippen LogP contribution is 2.38. The van der Waals surface area contributed by atoms with Crippen LogP contribution in [-0.2, 0) is 9.53 Å². The number of ether oxygens (including phenoxy) is 2. The van der Waals surface area contributed by atoms with Crippen LogP contribution in [0.2, 0.25) is 0 Å². The lowest BCUT2D eigenvalue weighted by Crippen LogP contribution is -2.44. The summed E-state index contributed by atoms with van der Waals surface area (Å²) in [7, 11) is 0. The molecule has 194 valence electrons. The quantitative estimate of drug-likeness (QED) is 0.408. The van der Waals surface area contributed by atoms with Crippen LogP contribution in [0.5, 0.6) is 5.88 Å². The fraction of sp³-hybridized carbons (Fsp3) is 0.444. The molecule has 1 aromatic heterocycles. The Morgan fingerprint density at radius 3 is 2.43 bits per heavy atom. The van der Waals surface area contributed by atoms with E-state index in [4.69, 9.17) is 28.3 Å². The summed E-state index contributed by atoms with van der Waals surface area (Å²) in [4.78, 5) is 36.7. The van der Waals surface area contributed by atoms with Gasteiger partial charge in [0, 0.05) is 11.8 Å². The van der Waals surface area contributed by atoms with Crippen LogP contribution in [0.25, 0.3) is 4.85 Å². The number of pyridine rings is 1. The molecule has 1 aliphatic heterocycles.